The van der Waals surface area contributed by atoms with Gasteiger partial charge in [0.05, 0.1) is 17.7 Å². The molecule has 0 aliphatic rings. The van der Waals surface area contributed by atoms with Gasteiger partial charge in [0.15, 0.2) is 0 Å². The van der Waals surface area contributed by atoms with E-state index in [1.807, 2.05) is 0 Å². The first-order valence-corrected chi connectivity index (χ1v) is 7.07. The predicted molar refractivity (Wildman–Crippen MR) is 77.7 cm³/mol. The number of ether oxygens (including phenoxy) is 1. The van der Waals surface area contributed by atoms with Crippen LogP contribution in [0, 0.1) is 5.82 Å². The summed E-state index contributed by atoms with van der Waals surface area (Å²) in [6.45, 7) is 0. The minimum atomic E-state index is -0.544. The lowest BCUT2D eigenvalue weighted by Crippen LogP contribution is -2.11. The van der Waals surface area contributed by atoms with Crippen LogP contribution in [0.1, 0.15) is 19.3 Å². The molecule has 7 heteroatoms. The molecule has 104 valence electrons. The summed E-state index contributed by atoms with van der Waals surface area (Å²) in [5, 5.41) is 2.45. The molecule has 0 radical (unpaired) electrons. The van der Waals surface area contributed by atoms with Crippen LogP contribution >= 0.6 is 27.3 Å². The van der Waals surface area contributed by atoms with Gasteiger partial charge >= 0.3 is 5.97 Å². The third-order valence-electron chi connectivity index (χ3n) is 2.40. The molecule has 2 aromatic rings. The van der Waals surface area contributed by atoms with Gasteiger partial charge in [-0.15, -0.1) is 11.3 Å². The molecule has 0 spiro atoms. The fraction of sp³-hybridized carbons (Fsp3) is 0.0769. The number of benzene rings is 1. The standard InChI is InChI=1S/C13H9BrFNO3S/c1-19-13(18)11-5-4-10(20-11)12(17)16-9-3-2-7(14)6-8(9)15/h2-6H,1H3,(H,16,17). The highest BCUT2D eigenvalue weighted by Crippen LogP contribution is 2.22. The maximum Gasteiger partial charge on any atom is 0.348 e. The summed E-state index contributed by atoms with van der Waals surface area (Å²) in [6.07, 6.45) is 0. The Morgan fingerprint density at radius 2 is 1.95 bits per heavy atom. The Balaban J connectivity index is 2.16. The van der Waals surface area contributed by atoms with Crippen LogP contribution in [-0.2, 0) is 4.74 Å². The molecule has 0 bridgehead atoms. The van der Waals surface area contributed by atoms with Gasteiger partial charge in [-0.3, -0.25) is 4.79 Å². The van der Waals surface area contributed by atoms with Crippen LogP contribution in [0.25, 0.3) is 0 Å². The normalized spacial score (nSPS) is 10.2. The second-order valence-electron chi connectivity index (χ2n) is 3.73. The van der Waals surface area contributed by atoms with Crippen molar-refractivity contribution in [2.24, 2.45) is 0 Å². The number of carbonyl (C=O) groups is 2. The first-order chi connectivity index (χ1) is 9.51. The Bertz CT molecular complexity index is 671. The zero-order chi connectivity index (χ0) is 14.7. The van der Waals surface area contributed by atoms with Crippen molar-refractivity contribution in [1.29, 1.82) is 0 Å². The molecule has 0 aliphatic carbocycles. The third kappa shape index (κ3) is 3.23. The average Bonchev–Trinajstić information content (AvgIpc) is 2.90. The van der Waals surface area contributed by atoms with Gasteiger partial charge in [-0.1, -0.05) is 15.9 Å². The number of hydrogen-bond acceptors (Lipinski definition) is 4. The molecule has 1 aromatic heterocycles. The van der Waals surface area contributed by atoms with Gasteiger partial charge in [0.1, 0.15) is 10.7 Å². The molecular weight excluding hydrogens is 349 g/mol. The van der Waals surface area contributed by atoms with Crippen molar-refractivity contribution < 1.29 is 18.7 Å². The number of hydrogen-bond donors (Lipinski definition) is 1. The van der Waals surface area contributed by atoms with E-state index in [1.54, 1.807) is 6.07 Å². The van der Waals surface area contributed by atoms with E-state index in [-0.39, 0.29) is 5.69 Å². The van der Waals surface area contributed by atoms with E-state index in [1.165, 1.54) is 31.4 Å². The van der Waals surface area contributed by atoms with Crippen molar-refractivity contribution in [3.8, 4) is 0 Å². The Labute approximate surface area is 126 Å². The van der Waals surface area contributed by atoms with Gasteiger partial charge in [0, 0.05) is 4.47 Å². The molecule has 0 aliphatic heterocycles. The number of methoxy groups -OCH3 is 1. The minimum Gasteiger partial charge on any atom is -0.465 e. The Morgan fingerprint density at radius 3 is 2.60 bits per heavy atom. The predicted octanol–water partition coefficient (Wildman–Crippen LogP) is 3.69. The lowest BCUT2D eigenvalue weighted by molar-refractivity contribution is 0.0606. The zero-order valence-corrected chi connectivity index (χ0v) is 12.7. The molecule has 4 nitrogen and oxygen atoms in total. The third-order valence-corrected chi connectivity index (χ3v) is 3.95. The minimum absolute atomic E-state index is 0.0752. The van der Waals surface area contributed by atoms with Gasteiger partial charge in [-0.25, -0.2) is 9.18 Å². The molecule has 1 N–H and O–H groups in total. The lowest BCUT2D eigenvalue weighted by Gasteiger charge is -2.05. The maximum absolute atomic E-state index is 13.6. The molecule has 1 aromatic carbocycles. The number of thiophene rings is 1. The van der Waals surface area contributed by atoms with Crippen LogP contribution in [0.15, 0.2) is 34.8 Å². The van der Waals surface area contributed by atoms with E-state index < -0.39 is 17.7 Å². The molecular formula is C13H9BrFNO3S. The average molecular weight is 358 g/mol. The summed E-state index contributed by atoms with van der Waals surface area (Å²) < 4.78 is 18.7. The number of anilines is 1. The zero-order valence-electron chi connectivity index (χ0n) is 10.3. The molecule has 20 heavy (non-hydrogen) atoms. The monoisotopic (exact) mass is 357 g/mol. The van der Waals surface area contributed by atoms with E-state index in [2.05, 4.69) is 26.0 Å². The fourth-order valence-electron chi connectivity index (χ4n) is 1.44. The smallest absolute Gasteiger partial charge is 0.348 e. The molecule has 2 rings (SSSR count). The largest absolute Gasteiger partial charge is 0.465 e. The SMILES string of the molecule is COC(=O)c1ccc(C(=O)Nc2ccc(Br)cc2F)s1. The van der Waals surface area contributed by atoms with E-state index in [4.69, 9.17) is 0 Å². The summed E-state index contributed by atoms with van der Waals surface area (Å²) in [4.78, 5) is 23.8. The molecule has 1 heterocycles. The Morgan fingerprint density at radius 1 is 1.25 bits per heavy atom. The van der Waals surface area contributed by atoms with Crippen molar-refractivity contribution in [2.45, 2.75) is 0 Å². The first-order valence-electron chi connectivity index (χ1n) is 5.46. The van der Waals surface area contributed by atoms with Crippen LogP contribution in [-0.4, -0.2) is 19.0 Å². The van der Waals surface area contributed by atoms with Gasteiger partial charge in [0.2, 0.25) is 0 Å². The highest BCUT2D eigenvalue weighted by molar-refractivity contribution is 9.10. The highest BCUT2D eigenvalue weighted by atomic mass is 79.9. The van der Waals surface area contributed by atoms with Crippen LogP contribution < -0.4 is 5.32 Å². The number of halogens is 2. The van der Waals surface area contributed by atoms with E-state index >= 15 is 0 Å². The second kappa shape index (κ2) is 6.15. The lowest BCUT2D eigenvalue weighted by atomic mass is 10.3. The van der Waals surface area contributed by atoms with Crippen molar-refractivity contribution in [3.05, 3.63) is 50.4 Å². The molecule has 1 amide bonds. The van der Waals surface area contributed by atoms with Gasteiger partial charge in [-0.2, -0.15) is 0 Å². The molecule has 0 atom stereocenters. The van der Waals surface area contributed by atoms with E-state index in [0.29, 0.717) is 14.2 Å². The van der Waals surface area contributed by atoms with Crippen LogP contribution in [0.5, 0.6) is 0 Å². The van der Waals surface area contributed by atoms with Crippen LogP contribution in [0.4, 0.5) is 10.1 Å². The number of esters is 1. The molecule has 0 unspecified atom stereocenters. The number of carbonyl (C=O) groups excluding carboxylic acids is 2. The van der Waals surface area contributed by atoms with Crippen molar-refractivity contribution in [3.63, 3.8) is 0 Å². The van der Waals surface area contributed by atoms with Crippen LogP contribution in [0.2, 0.25) is 0 Å². The molecule has 0 fully saturated rings. The quantitative estimate of drug-likeness (QED) is 0.852. The topological polar surface area (TPSA) is 55.4 Å². The summed E-state index contributed by atoms with van der Waals surface area (Å²) in [5.74, 6) is -1.53. The van der Waals surface area contributed by atoms with Crippen molar-refractivity contribution in [1.82, 2.24) is 0 Å². The number of amides is 1. The maximum atomic E-state index is 13.6. The summed E-state index contributed by atoms with van der Waals surface area (Å²) in [7, 11) is 1.26. The fourth-order valence-corrected chi connectivity index (χ4v) is 2.60. The number of rotatable bonds is 3. The highest BCUT2D eigenvalue weighted by Gasteiger charge is 2.15. The summed E-state index contributed by atoms with van der Waals surface area (Å²) in [6, 6.07) is 7.30. The van der Waals surface area contributed by atoms with Crippen LogP contribution in [0.3, 0.4) is 0 Å². The second-order valence-corrected chi connectivity index (χ2v) is 5.73. The molecule has 0 saturated carbocycles. The van der Waals surface area contributed by atoms with Crippen molar-refractivity contribution >= 4 is 44.8 Å². The Kier molecular flexibility index (Phi) is 4.51. The Hall–Kier alpha value is -1.73. The van der Waals surface area contributed by atoms with Crippen molar-refractivity contribution in [2.75, 3.05) is 12.4 Å². The summed E-state index contributed by atoms with van der Waals surface area (Å²) in [5.41, 5.74) is 0.0752. The molecule has 0 saturated heterocycles. The van der Waals surface area contributed by atoms with E-state index in [9.17, 15) is 14.0 Å². The van der Waals surface area contributed by atoms with Gasteiger partial charge in [-0.05, 0) is 30.3 Å². The van der Waals surface area contributed by atoms with E-state index in [0.717, 1.165) is 11.3 Å². The van der Waals surface area contributed by atoms with Gasteiger partial charge in [0.25, 0.3) is 5.91 Å². The summed E-state index contributed by atoms with van der Waals surface area (Å²) >= 11 is 4.12. The van der Waals surface area contributed by atoms with Gasteiger partial charge < -0.3 is 10.1 Å². The number of nitrogens with one attached hydrogen (secondary N) is 1. The first kappa shape index (κ1) is 14.7.